The van der Waals surface area contributed by atoms with Crippen molar-refractivity contribution in [1.29, 1.82) is 0 Å². The molecule has 1 unspecified atom stereocenters. The summed E-state index contributed by atoms with van der Waals surface area (Å²) in [5.41, 5.74) is -0.572. The Kier molecular flexibility index (Phi) is 7.23. The molecular formula is C10H23NO2. The zero-order valence-electron chi connectivity index (χ0n) is 8.84. The number of hydrogen-bond donors (Lipinski definition) is 3. The van der Waals surface area contributed by atoms with E-state index < -0.39 is 5.60 Å². The zero-order chi connectivity index (χ0) is 10.2. The summed E-state index contributed by atoms with van der Waals surface area (Å²) in [6.07, 6.45) is 3.78. The molecule has 1 atom stereocenters. The average Bonchev–Trinajstić information content (AvgIpc) is 2.11. The van der Waals surface area contributed by atoms with E-state index in [1.807, 2.05) is 13.8 Å². The van der Waals surface area contributed by atoms with Crippen molar-refractivity contribution in [2.75, 3.05) is 19.7 Å². The molecule has 0 fully saturated rings. The maximum absolute atomic E-state index is 9.62. The van der Waals surface area contributed by atoms with Crippen LogP contribution in [0.4, 0.5) is 0 Å². The standard InChI is InChI=1S/C10H23NO2/c1-3-10(2,13)9-11-7-5-4-6-8-12/h11-13H,3-9H2,1-2H3. The fourth-order valence-corrected chi connectivity index (χ4v) is 1.02. The smallest absolute Gasteiger partial charge is 0.0740 e. The second kappa shape index (κ2) is 7.30. The van der Waals surface area contributed by atoms with Gasteiger partial charge in [-0.1, -0.05) is 6.92 Å². The molecule has 13 heavy (non-hydrogen) atoms. The number of rotatable bonds is 8. The third-order valence-electron chi connectivity index (χ3n) is 2.28. The van der Waals surface area contributed by atoms with Crippen molar-refractivity contribution >= 4 is 0 Å². The van der Waals surface area contributed by atoms with Gasteiger partial charge in [0.15, 0.2) is 0 Å². The van der Waals surface area contributed by atoms with E-state index in [-0.39, 0.29) is 6.61 Å². The van der Waals surface area contributed by atoms with Crippen LogP contribution in [0.15, 0.2) is 0 Å². The summed E-state index contributed by atoms with van der Waals surface area (Å²) in [6.45, 7) is 5.69. The monoisotopic (exact) mass is 189 g/mol. The van der Waals surface area contributed by atoms with Gasteiger partial charge < -0.3 is 15.5 Å². The van der Waals surface area contributed by atoms with Crippen LogP contribution in [-0.4, -0.2) is 35.5 Å². The van der Waals surface area contributed by atoms with Gasteiger partial charge in [-0.2, -0.15) is 0 Å². The molecule has 0 saturated carbocycles. The van der Waals surface area contributed by atoms with Crippen molar-refractivity contribution in [3.8, 4) is 0 Å². The van der Waals surface area contributed by atoms with Gasteiger partial charge in [0.2, 0.25) is 0 Å². The van der Waals surface area contributed by atoms with Crippen LogP contribution in [0.25, 0.3) is 0 Å². The first-order chi connectivity index (χ1) is 6.12. The average molecular weight is 189 g/mol. The maximum atomic E-state index is 9.62. The minimum Gasteiger partial charge on any atom is -0.396 e. The fourth-order valence-electron chi connectivity index (χ4n) is 1.02. The number of aliphatic hydroxyl groups is 2. The normalized spacial score (nSPS) is 15.7. The molecule has 80 valence electrons. The molecular weight excluding hydrogens is 166 g/mol. The molecule has 0 saturated heterocycles. The summed E-state index contributed by atoms with van der Waals surface area (Å²) in [6, 6.07) is 0. The molecule has 0 aliphatic heterocycles. The summed E-state index contributed by atoms with van der Waals surface area (Å²) >= 11 is 0. The van der Waals surface area contributed by atoms with E-state index in [0.717, 1.165) is 32.2 Å². The van der Waals surface area contributed by atoms with Gasteiger partial charge in [0.25, 0.3) is 0 Å². The Bertz CT molecular complexity index is 115. The Labute approximate surface area is 81.2 Å². The molecule has 0 aliphatic carbocycles. The third-order valence-corrected chi connectivity index (χ3v) is 2.28. The van der Waals surface area contributed by atoms with Crippen molar-refractivity contribution in [3.63, 3.8) is 0 Å². The van der Waals surface area contributed by atoms with Crippen LogP contribution >= 0.6 is 0 Å². The van der Waals surface area contributed by atoms with Gasteiger partial charge in [0.05, 0.1) is 5.60 Å². The van der Waals surface area contributed by atoms with Crippen LogP contribution in [0.1, 0.15) is 39.5 Å². The Hall–Kier alpha value is -0.120. The molecule has 0 amide bonds. The SMILES string of the molecule is CCC(C)(O)CNCCCCCO. The second-order valence-electron chi connectivity index (χ2n) is 3.81. The highest BCUT2D eigenvalue weighted by atomic mass is 16.3. The summed E-state index contributed by atoms with van der Waals surface area (Å²) in [5, 5.41) is 21.4. The molecule has 0 rings (SSSR count). The minimum absolute atomic E-state index is 0.284. The molecule has 3 nitrogen and oxygen atoms in total. The number of aliphatic hydroxyl groups excluding tert-OH is 1. The van der Waals surface area contributed by atoms with Crippen LogP contribution in [0.2, 0.25) is 0 Å². The highest BCUT2D eigenvalue weighted by Gasteiger charge is 2.15. The van der Waals surface area contributed by atoms with Gasteiger partial charge in [-0.05, 0) is 39.2 Å². The van der Waals surface area contributed by atoms with Crippen molar-refractivity contribution in [3.05, 3.63) is 0 Å². The van der Waals surface area contributed by atoms with Crippen LogP contribution < -0.4 is 5.32 Å². The molecule has 0 radical (unpaired) electrons. The zero-order valence-corrected chi connectivity index (χ0v) is 8.84. The van der Waals surface area contributed by atoms with E-state index in [2.05, 4.69) is 5.32 Å². The summed E-state index contributed by atoms with van der Waals surface area (Å²) in [7, 11) is 0. The maximum Gasteiger partial charge on any atom is 0.0740 e. The van der Waals surface area contributed by atoms with Gasteiger partial charge >= 0.3 is 0 Å². The van der Waals surface area contributed by atoms with Gasteiger partial charge in [-0.25, -0.2) is 0 Å². The van der Waals surface area contributed by atoms with E-state index in [1.54, 1.807) is 0 Å². The highest BCUT2D eigenvalue weighted by molar-refractivity contribution is 4.72. The molecule has 3 N–H and O–H groups in total. The minimum atomic E-state index is -0.572. The van der Waals surface area contributed by atoms with E-state index >= 15 is 0 Å². The molecule has 0 heterocycles. The largest absolute Gasteiger partial charge is 0.396 e. The quantitative estimate of drug-likeness (QED) is 0.497. The third kappa shape index (κ3) is 8.22. The molecule has 3 heteroatoms. The second-order valence-corrected chi connectivity index (χ2v) is 3.81. The first-order valence-corrected chi connectivity index (χ1v) is 5.16. The van der Waals surface area contributed by atoms with Crippen molar-refractivity contribution < 1.29 is 10.2 Å². The van der Waals surface area contributed by atoms with Crippen LogP contribution in [-0.2, 0) is 0 Å². The van der Waals surface area contributed by atoms with Crippen molar-refractivity contribution in [2.45, 2.75) is 45.1 Å². The van der Waals surface area contributed by atoms with Gasteiger partial charge in [-0.15, -0.1) is 0 Å². The lowest BCUT2D eigenvalue weighted by Crippen LogP contribution is -2.37. The number of nitrogens with one attached hydrogen (secondary N) is 1. The molecule has 0 aromatic carbocycles. The Balaban J connectivity index is 3.16. The molecule has 0 aromatic rings. The Morgan fingerprint density at radius 3 is 2.46 bits per heavy atom. The van der Waals surface area contributed by atoms with E-state index in [1.165, 1.54) is 0 Å². The van der Waals surface area contributed by atoms with Gasteiger partial charge in [-0.3, -0.25) is 0 Å². The first kappa shape index (κ1) is 12.9. The number of unbranched alkanes of at least 4 members (excludes halogenated alkanes) is 2. The topological polar surface area (TPSA) is 52.5 Å². The van der Waals surface area contributed by atoms with E-state index in [4.69, 9.17) is 5.11 Å². The van der Waals surface area contributed by atoms with E-state index in [0.29, 0.717) is 6.54 Å². The summed E-state index contributed by atoms with van der Waals surface area (Å²) < 4.78 is 0. The van der Waals surface area contributed by atoms with E-state index in [9.17, 15) is 5.11 Å². The van der Waals surface area contributed by atoms with Crippen LogP contribution in [0.5, 0.6) is 0 Å². The Morgan fingerprint density at radius 1 is 1.23 bits per heavy atom. The predicted octanol–water partition coefficient (Wildman–Crippen LogP) is 0.900. The van der Waals surface area contributed by atoms with Gasteiger partial charge in [0, 0.05) is 13.2 Å². The molecule has 0 bridgehead atoms. The highest BCUT2D eigenvalue weighted by Crippen LogP contribution is 2.05. The van der Waals surface area contributed by atoms with Crippen molar-refractivity contribution in [1.82, 2.24) is 5.32 Å². The van der Waals surface area contributed by atoms with Crippen molar-refractivity contribution in [2.24, 2.45) is 0 Å². The first-order valence-electron chi connectivity index (χ1n) is 5.16. The molecule has 0 spiro atoms. The van der Waals surface area contributed by atoms with Crippen LogP contribution in [0, 0.1) is 0 Å². The molecule has 0 aliphatic rings. The van der Waals surface area contributed by atoms with Gasteiger partial charge in [0.1, 0.15) is 0 Å². The predicted molar refractivity (Wildman–Crippen MR) is 54.7 cm³/mol. The summed E-state index contributed by atoms with van der Waals surface area (Å²) in [4.78, 5) is 0. The Morgan fingerprint density at radius 2 is 1.92 bits per heavy atom. The van der Waals surface area contributed by atoms with Crippen LogP contribution in [0.3, 0.4) is 0 Å². The lowest BCUT2D eigenvalue weighted by molar-refractivity contribution is 0.0559. The fraction of sp³-hybridized carbons (Fsp3) is 1.00. The lowest BCUT2D eigenvalue weighted by Gasteiger charge is -2.21. The molecule has 0 aromatic heterocycles. The number of hydrogen-bond acceptors (Lipinski definition) is 3. The summed E-state index contributed by atoms with van der Waals surface area (Å²) in [5.74, 6) is 0. The lowest BCUT2D eigenvalue weighted by atomic mass is 10.0.